The molecule has 3 nitrogen and oxygen atoms in total. The highest BCUT2D eigenvalue weighted by Crippen LogP contribution is 2.28. The van der Waals surface area contributed by atoms with Crippen LogP contribution in [0.15, 0.2) is 34.9 Å². The van der Waals surface area contributed by atoms with Crippen LogP contribution in [0.4, 0.5) is 5.69 Å². The maximum atomic E-state index is 5.83. The van der Waals surface area contributed by atoms with E-state index in [0.717, 1.165) is 27.0 Å². The number of ether oxygens (including phenoxy) is 1. The molecule has 88 valence electrons. The number of aryl methyl sites for hydroxylation is 2. The Morgan fingerprint density at radius 2 is 1.94 bits per heavy atom. The zero-order valence-corrected chi connectivity index (χ0v) is 11.3. The molecule has 0 amide bonds. The monoisotopic (exact) mass is 292 g/mol. The van der Waals surface area contributed by atoms with E-state index in [9.17, 15) is 0 Å². The molecule has 4 heteroatoms. The average Bonchev–Trinajstić information content (AvgIpc) is 2.29. The van der Waals surface area contributed by atoms with E-state index in [1.54, 1.807) is 6.20 Å². The van der Waals surface area contributed by atoms with Gasteiger partial charge in [-0.2, -0.15) is 0 Å². The Labute approximate surface area is 109 Å². The summed E-state index contributed by atoms with van der Waals surface area (Å²) >= 11 is 3.33. The molecule has 0 bridgehead atoms. The van der Waals surface area contributed by atoms with Crippen LogP contribution in [0.2, 0.25) is 0 Å². The number of nitrogens with two attached hydrogens (primary N) is 1. The van der Waals surface area contributed by atoms with E-state index in [1.807, 2.05) is 38.1 Å². The summed E-state index contributed by atoms with van der Waals surface area (Å²) < 4.78 is 6.64. The van der Waals surface area contributed by atoms with Crippen LogP contribution >= 0.6 is 15.9 Å². The third-order valence-corrected chi connectivity index (χ3v) is 2.95. The van der Waals surface area contributed by atoms with Gasteiger partial charge >= 0.3 is 0 Å². The van der Waals surface area contributed by atoms with Gasteiger partial charge in [-0.05, 0) is 59.1 Å². The molecule has 17 heavy (non-hydrogen) atoms. The molecule has 0 saturated heterocycles. The Bertz CT molecular complexity index is 538. The average molecular weight is 293 g/mol. The molecule has 0 unspecified atom stereocenters. The van der Waals surface area contributed by atoms with E-state index < -0.39 is 0 Å². The molecule has 2 N–H and O–H groups in total. The first kappa shape index (κ1) is 11.9. The van der Waals surface area contributed by atoms with Crippen molar-refractivity contribution in [3.8, 4) is 11.6 Å². The van der Waals surface area contributed by atoms with Crippen LogP contribution in [0.5, 0.6) is 11.6 Å². The van der Waals surface area contributed by atoms with Gasteiger partial charge in [-0.1, -0.05) is 0 Å². The topological polar surface area (TPSA) is 48.1 Å². The molecule has 1 aromatic heterocycles. The molecule has 0 aliphatic rings. The van der Waals surface area contributed by atoms with Crippen molar-refractivity contribution < 1.29 is 4.74 Å². The number of halogens is 1. The summed E-state index contributed by atoms with van der Waals surface area (Å²) in [6.45, 7) is 3.92. The lowest BCUT2D eigenvalue weighted by Gasteiger charge is -2.10. The van der Waals surface area contributed by atoms with Crippen molar-refractivity contribution in [2.45, 2.75) is 13.8 Å². The zero-order valence-electron chi connectivity index (χ0n) is 9.70. The van der Waals surface area contributed by atoms with Crippen molar-refractivity contribution in [3.63, 3.8) is 0 Å². The molecule has 2 aromatic rings. The first-order chi connectivity index (χ1) is 8.06. The number of hydrogen-bond acceptors (Lipinski definition) is 3. The second-order valence-corrected chi connectivity index (χ2v) is 4.81. The van der Waals surface area contributed by atoms with E-state index in [2.05, 4.69) is 20.9 Å². The molecule has 1 heterocycles. The van der Waals surface area contributed by atoms with Crippen LogP contribution in [0.1, 0.15) is 11.1 Å². The standard InChI is InChI=1S/C13H13BrN2O/c1-8-6-12(9(2)5-11(8)15)17-13-4-3-10(14)7-16-13/h3-7H,15H2,1-2H3. The third-order valence-electron chi connectivity index (χ3n) is 2.48. The Morgan fingerprint density at radius 3 is 2.59 bits per heavy atom. The maximum Gasteiger partial charge on any atom is 0.219 e. The fraction of sp³-hybridized carbons (Fsp3) is 0.154. The smallest absolute Gasteiger partial charge is 0.219 e. The molecule has 0 atom stereocenters. The number of nitrogens with zero attached hydrogens (tertiary/aromatic N) is 1. The fourth-order valence-corrected chi connectivity index (χ4v) is 1.69. The van der Waals surface area contributed by atoms with Crippen LogP contribution in [0.25, 0.3) is 0 Å². The number of pyridine rings is 1. The van der Waals surface area contributed by atoms with E-state index >= 15 is 0 Å². The van der Waals surface area contributed by atoms with Crippen molar-refractivity contribution in [1.82, 2.24) is 4.98 Å². The van der Waals surface area contributed by atoms with Gasteiger partial charge in [0.2, 0.25) is 5.88 Å². The van der Waals surface area contributed by atoms with Gasteiger partial charge in [0, 0.05) is 22.4 Å². The minimum atomic E-state index is 0.570. The third kappa shape index (κ3) is 2.77. The second kappa shape index (κ2) is 4.75. The summed E-state index contributed by atoms with van der Waals surface area (Å²) in [5.74, 6) is 1.35. The van der Waals surface area contributed by atoms with Gasteiger partial charge < -0.3 is 10.5 Å². The summed E-state index contributed by atoms with van der Waals surface area (Å²) in [7, 11) is 0. The predicted molar refractivity (Wildman–Crippen MR) is 72.3 cm³/mol. The van der Waals surface area contributed by atoms with Gasteiger partial charge in [0.1, 0.15) is 5.75 Å². The van der Waals surface area contributed by atoms with Crippen molar-refractivity contribution in [1.29, 1.82) is 0 Å². The Hall–Kier alpha value is -1.55. The molecular weight excluding hydrogens is 280 g/mol. The predicted octanol–water partition coefficient (Wildman–Crippen LogP) is 3.84. The van der Waals surface area contributed by atoms with Gasteiger partial charge in [-0.3, -0.25) is 0 Å². The highest BCUT2D eigenvalue weighted by molar-refractivity contribution is 9.10. The van der Waals surface area contributed by atoms with E-state index in [1.165, 1.54) is 0 Å². The SMILES string of the molecule is Cc1cc(Oc2ccc(Br)cn2)c(C)cc1N. The maximum absolute atomic E-state index is 5.83. The second-order valence-electron chi connectivity index (χ2n) is 3.89. The zero-order chi connectivity index (χ0) is 12.4. The minimum absolute atomic E-state index is 0.570. The summed E-state index contributed by atoms with van der Waals surface area (Å²) in [6.07, 6.45) is 1.70. The lowest BCUT2D eigenvalue weighted by molar-refractivity contribution is 0.459. The molecule has 0 aliphatic carbocycles. The molecule has 0 saturated carbocycles. The fourth-order valence-electron chi connectivity index (χ4n) is 1.46. The first-order valence-corrected chi connectivity index (χ1v) is 6.01. The lowest BCUT2D eigenvalue weighted by Crippen LogP contribution is -1.95. The van der Waals surface area contributed by atoms with Gasteiger partial charge in [0.25, 0.3) is 0 Å². The van der Waals surface area contributed by atoms with Gasteiger partial charge in [0.05, 0.1) is 0 Å². The molecule has 2 rings (SSSR count). The first-order valence-electron chi connectivity index (χ1n) is 5.22. The lowest BCUT2D eigenvalue weighted by atomic mass is 10.1. The van der Waals surface area contributed by atoms with Crippen molar-refractivity contribution >= 4 is 21.6 Å². The normalized spacial score (nSPS) is 10.3. The van der Waals surface area contributed by atoms with Crippen molar-refractivity contribution in [2.75, 3.05) is 5.73 Å². The number of anilines is 1. The van der Waals surface area contributed by atoms with Gasteiger partial charge in [-0.25, -0.2) is 4.98 Å². The summed E-state index contributed by atoms with van der Waals surface area (Å²) in [6, 6.07) is 7.54. The van der Waals surface area contributed by atoms with Gasteiger partial charge in [0.15, 0.2) is 0 Å². The van der Waals surface area contributed by atoms with E-state index in [-0.39, 0.29) is 0 Å². The molecule has 0 aliphatic heterocycles. The van der Waals surface area contributed by atoms with E-state index in [0.29, 0.717) is 5.88 Å². The number of hydrogen-bond donors (Lipinski definition) is 1. The largest absolute Gasteiger partial charge is 0.439 e. The van der Waals surface area contributed by atoms with Crippen LogP contribution < -0.4 is 10.5 Å². The quantitative estimate of drug-likeness (QED) is 0.856. The summed E-state index contributed by atoms with van der Waals surface area (Å²) in [5, 5.41) is 0. The number of benzene rings is 1. The Morgan fingerprint density at radius 1 is 1.18 bits per heavy atom. The Balaban J connectivity index is 2.30. The highest BCUT2D eigenvalue weighted by Gasteiger charge is 2.05. The molecule has 1 aromatic carbocycles. The highest BCUT2D eigenvalue weighted by atomic mass is 79.9. The number of rotatable bonds is 2. The number of aromatic nitrogens is 1. The molecular formula is C13H13BrN2O. The summed E-state index contributed by atoms with van der Waals surface area (Å²) in [5.41, 5.74) is 8.60. The van der Waals surface area contributed by atoms with Crippen molar-refractivity contribution in [2.24, 2.45) is 0 Å². The van der Waals surface area contributed by atoms with Gasteiger partial charge in [-0.15, -0.1) is 0 Å². The molecule has 0 spiro atoms. The minimum Gasteiger partial charge on any atom is -0.439 e. The van der Waals surface area contributed by atoms with Crippen LogP contribution in [0.3, 0.4) is 0 Å². The number of nitrogen functional groups attached to an aromatic ring is 1. The summed E-state index contributed by atoms with van der Waals surface area (Å²) in [4.78, 5) is 4.17. The van der Waals surface area contributed by atoms with Crippen molar-refractivity contribution in [3.05, 3.63) is 46.1 Å². The molecule has 0 radical (unpaired) electrons. The molecule has 0 fully saturated rings. The van der Waals surface area contributed by atoms with Crippen LogP contribution in [-0.2, 0) is 0 Å². The Kier molecular flexibility index (Phi) is 3.33. The van der Waals surface area contributed by atoms with Crippen LogP contribution in [-0.4, -0.2) is 4.98 Å². The van der Waals surface area contributed by atoms with E-state index in [4.69, 9.17) is 10.5 Å². The van der Waals surface area contributed by atoms with Crippen LogP contribution in [0, 0.1) is 13.8 Å².